The molecule has 8 aliphatic carbocycles. The number of unbranched alkanes of at least 4 members (excludes halogenated alkanes) is 4. The summed E-state index contributed by atoms with van der Waals surface area (Å²) in [7, 11) is 0. The second kappa shape index (κ2) is 35.6. The van der Waals surface area contributed by atoms with Crippen LogP contribution in [0.2, 0.25) is 0 Å². The second-order valence-electron chi connectivity index (χ2n) is 32.6. The van der Waals surface area contributed by atoms with Gasteiger partial charge in [-0.15, -0.1) is 0 Å². The van der Waals surface area contributed by atoms with E-state index in [0.717, 1.165) is 88.2 Å². The molecule has 0 radical (unpaired) electrons. The molecule has 16 N–H and O–H groups in total. The molecule has 3 heterocycles. The Morgan fingerprint density at radius 3 is 0.863 bits per heavy atom. The van der Waals surface area contributed by atoms with Gasteiger partial charge in [-0.3, -0.25) is 47.9 Å². The van der Waals surface area contributed by atoms with Crippen molar-refractivity contribution in [3.63, 3.8) is 0 Å². The maximum atomic E-state index is 15.6. The summed E-state index contributed by atoms with van der Waals surface area (Å²) >= 11 is 0. The molecule has 3 saturated heterocycles. The summed E-state index contributed by atoms with van der Waals surface area (Å²) in [6.07, 6.45) is 18.8. The number of nitrogens with zero attached hydrogens (tertiary/aromatic N) is 2. The summed E-state index contributed by atoms with van der Waals surface area (Å²) in [5.41, 5.74) is 25.1. The average Bonchev–Trinajstić information content (AvgIpc) is 0.838. The van der Waals surface area contributed by atoms with E-state index in [1.807, 2.05) is 60.7 Å². The van der Waals surface area contributed by atoms with Gasteiger partial charge in [0.05, 0.1) is 0 Å². The zero-order valence-corrected chi connectivity index (χ0v) is 60.2. The van der Waals surface area contributed by atoms with E-state index in [0.29, 0.717) is 139 Å². The average molecular weight is 1410 g/mol. The first-order valence-electron chi connectivity index (χ1n) is 39.3. The third-order valence-corrected chi connectivity index (χ3v) is 24.7. The number of carbonyl (C=O) groups is 10. The zero-order chi connectivity index (χ0) is 71.9. The van der Waals surface area contributed by atoms with Crippen LogP contribution in [-0.2, 0) is 60.8 Å². The molecule has 560 valence electrons. The first-order valence-corrected chi connectivity index (χ1v) is 39.3. The summed E-state index contributed by atoms with van der Waals surface area (Å²) in [6, 6.07) is 6.85. The standard InChI is InChI=1S/C78H118N14O10/c79-27-11-7-21-57-67(93)87-61(39-49-17-3-1-4-18-49)75(101)91-31-15-25-65(91)73(99)85-59(23-9-13-29-81)69(95)90-64(48-78-44-54-36-55(45-78)38-56(37-54)46-78)72(98)84-58(22-8-12-28-80)68(94)88-62(40-50-19-5-2-6-20-50)76(102)92-32-16-26-66(92)74(100)86-60(24-10-14-30-82)70(96)89-63(71(97)83-57)47-77-41-51-33-52(42-77)35-53(34-51)43-77/h1-6,17-20,51-66H,7-16,21-48,79-82H2,(H,83,97)(H,84,98)(H,85,99)(H,86,100)(H,87,93)(H,88,94)(H,89,96)(H,90,95)/t51?,52?,53?,54?,55?,56?,57-,58-,59-,60-,61-,62-,63-,64-,65-,66-,77?,78?/m0/s1. The molecule has 102 heavy (non-hydrogen) atoms. The first-order chi connectivity index (χ1) is 49.3. The second-order valence-corrected chi connectivity index (χ2v) is 32.6. The number of rotatable bonds is 24. The molecule has 24 nitrogen and oxygen atoms in total. The molecule has 10 amide bonds. The lowest BCUT2D eigenvalue weighted by Gasteiger charge is -2.57. The van der Waals surface area contributed by atoms with Crippen LogP contribution < -0.4 is 65.5 Å². The van der Waals surface area contributed by atoms with Gasteiger partial charge in [-0.1, -0.05) is 60.7 Å². The minimum absolute atomic E-state index is 0.0373. The van der Waals surface area contributed by atoms with Crippen molar-refractivity contribution in [2.45, 2.75) is 266 Å². The van der Waals surface area contributed by atoms with E-state index in [1.165, 1.54) is 9.80 Å². The van der Waals surface area contributed by atoms with Crippen LogP contribution in [0.25, 0.3) is 0 Å². The van der Waals surface area contributed by atoms with E-state index < -0.39 is 119 Å². The molecule has 8 bridgehead atoms. The fourth-order valence-corrected chi connectivity index (χ4v) is 20.7. The van der Waals surface area contributed by atoms with Crippen molar-refractivity contribution in [2.24, 2.45) is 69.3 Å². The number of nitrogens with two attached hydrogens (primary N) is 4. The third kappa shape index (κ3) is 19.5. The van der Waals surface area contributed by atoms with Gasteiger partial charge in [0.2, 0.25) is 59.1 Å². The van der Waals surface area contributed by atoms with Crippen LogP contribution in [-0.4, -0.2) is 169 Å². The van der Waals surface area contributed by atoms with Crippen LogP contribution in [0.5, 0.6) is 0 Å². The summed E-state index contributed by atoms with van der Waals surface area (Å²) in [6.45, 7) is 1.63. The SMILES string of the molecule is NCCCC[C@@H]1NC(=O)[C@H](CC23CC4CC(CC(C4)C2)C3)NC(=O)[C@H](CCCCN)NC(=O)[C@@H]2CCCN2C(=O)[C@H](Cc2ccccc2)NC(=O)[C@H](CCCCN)NC(=O)[C@H](CC23CC4CC(CC(C4)C2)C3)NC(=O)[C@H](CCCCN)NC(=O)[C@@H]2CCCN2C(=O)[C@H](Cc2ccccc2)NC1=O. The Morgan fingerprint density at radius 1 is 0.324 bits per heavy atom. The van der Waals surface area contributed by atoms with Gasteiger partial charge < -0.3 is 75.3 Å². The minimum atomic E-state index is -1.22. The van der Waals surface area contributed by atoms with E-state index in [2.05, 4.69) is 42.5 Å². The Bertz CT molecular complexity index is 2950. The van der Waals surface area contributed by atoms with Crippen LogP contribution >= 0.6 is 0 Å². The quantitative estimate of drug-likeness (QED) is 0.0660. The lowest BCUT2D eigenvalue weighted by Crippen LogP contribution is -2.62. The van der Waals surface area contributed by atoms with E-state index in [9.17, 15) is 0 Å². The monoisotopic (exact) mass is 1410 g/mol. The number of amides is 10. The number of hydrogen-bond acceptors (Lipinski definition) is 14. The van der Waals surface area contributed by atoms with E-state index in [4.69, 9.17) is 22.9 Å². The van der Waals surface area contributed by atoms with Crippen molar-refractivity contribution in [1.29, 1.82) is 0 Å². The predicted octanol–water partition coefficient (Wildman–Crippen LogP) is 4.07. The van der Waals surface area contributed by atoms with Gasteiger partial charge in [-0.25, -0.2) is 0 Å². The Labute approximate surface area is 602 Å². The lowest BCUT2D eigenvalue weighted by atomic mass is 9.48. The third-order valence-electron chi connectivity index (χ3n) is 24.7. The Balaban J connectivity index is 0.960. The summed E-state index contributed by atoms with van der Waals surface area (Å²) in [5.74, 6) is -2.82. The van der Waals surface area contributed by atoms with Gasteiger partial charge >= 0.3 is 0 Å². The fraction of sp³-hybridized carbons (Fsp3) is 0.718. The van der Waals surface area contributed by atoms with Crippen LogP contribution in [0.15, 0.2) is 60.7 Å². The molecule has 8 saturated carbocycles. The van der Waals surface area contributed by atoms with Crippen LogP contribution in [0, 0.1) is 46.3 Å². The molecule has 11 aliphatic rings. The van der Waals surface area contributed by atoms with Crippen molar-refractivity contribution in [3.8, 4) is 0 Å². The molecular formula is C78H118N14O10. The zero-order valence-electron chi connectivity index (χ0n) is 60.2. The summed E-state index contributed by atoms with van der Waals surface area (Å²) < 4.78 is 0. The number of carbonyl (C=O) groups excluding carboxylic acids is 10. The van der Waals surface area contributed by atoms with Gasteiger partial charge in [-0.05, 0) is 276 Å². The van der Waals surface area contributed by atoms with Crippen LogP contribution in [0.4, 0.5) is 0 Å². The van der Waals surface area contributed by atoms with Crippen molar-refractivity contribution >= 4 is 59.1 Å². The summed E-state index contributed by atoms with van der Waals surface area (Å²) in [5, 5.41) is 24.6. The highest BCUT2D eigenvalue weighted by atomic mass is 16.2. The maximum absolute atomic E-state index is 15.6. The highest BCUT2D eigenvalue weighted by molar-refractivity contribution is 6.00. The van der Waals surface area contributed by atoms with Gasteiger partial charge in [0, 0.05) is 25.9 Å². The molecule has 24 heteroatoms. The lowest BCUT2D eigenvalue weighted by molar-refractivity contribution is -0.143. The number of nitrogens with one attached hydrogen (secondary N) is 8. The van der Waals surface area contributed by atoms with Gasteiger partial charge in [0.25, 0.3) is 0 Å². The Kier molecular flexibility index (Phi) is 26.6. The molecule has 2 aromatic rings. The predicted molar refractivity (Wildman–Crippen MR) is 387 cm³/mol. The van der Waals surface area contributed by atoms with E-state index in [1.54, 1.807) is 0 Å². The number of benzene rings is 2. The molecule has 0 spiro atoms. The van der Waals surface area contributed by atoms with E-state index >= 15 is 47.9 Å². The Morgan fingerprint density at radius 2 is 0.578 bits per heavy atom. The van der Waals surface area contributed by atoms with Crippen LogP contribution in [0.3, 0.4) is 0 Å². The van der Waals surface area contributed by atoms with Crippen molar-refractivity contribution < 1.29 is 47.9 Å². The molecule has 13 rings (SSSR count). The van der Waals surface area contributed by atoms with Gasteiger partial charge in [-0.2, -0.15) is 0 Å². The molecule has 0 unspecified atom stereocenters. The molecule has 0 aromatic heterocycles. The highest BCUT2D eigenvalue weighted by Gasteiger charge is 2.55. The topological polar surface area (TPSA) is 377 Å². The number of fused-ring (bicyclic) bond motifs is 2. The van der Waals surface area contributed by atoms with Gasteiger partial charge in [0.1, 0.15) is 60.4 Å². The largest absolute Gasteiger partial charge is 0.343 e. The molecule has 2 aromatic carbocycles. The molecule has 3 aliphatic heterocycles. The fourth-order valence-electron chi connectivity index (χ4n) is 20.7. The van der Waals surface area contributed by atoms with E-state index in [-0.39, 0.29) is 75.3 Å². The minimum Gasteiger partial charge on any atom is -0.343 e. The molecule has 10 atom stereocenters. The summed E-state index contributed by atoms with van der Waals surface area (Å²) in [4.78, 5) is 157. The highest BCUT2D eigenvalue weighted by Crippen LogP contribution is 2.63. The van der Waals surface area contributed by atoms with Crippen LogP contribution in [0.1, 0.15) is 204 Å². The van der Waals surface area contributed by atoms with Crippen molar-refractivity contribution in [1.82, 2.24) is 52.3 Å². The Hall–Kier alpha value is -7.02. The smallest absolute Gasteiger partial charge is 0.246 e. The maximum Gasteiger partial charge on any atom is 0.246 e. The van der Waals surface area contributed by atoms with Crippen molar-refractivity contribution in [3.05, 3.63) is 71.8 Å². The first kappa shape index (κ1) is 76.1. The normalized spacial score (nSPS) is 34.2. The number of hydrogen-bond donors (Lipinski definition) is 12. The molecular weight excluding hydrogens is 1290 g/mol. The van der Waals surface area contributed by atoms with Crippen molar-refractivity contribution in [2.75, 3.05) is 39.3 Å². The van der Waals surface area contributed by atoms with Gasteiger partial charge in [0.15, 0.2) is 0 Å². The molecule has 11 fully saturated rings.